The molecular weight excluding hydrogens is 164 g/mol. The van der Waals surface area contributed by atoms with Gasteiger partial charge in [0.15, 0.2) is 0 Å². The maximum atomic E-state index is 10.8. The van der Waals surface area contributed by atoms with Crippen LogP contribution in [0, 0.1) is 17.8 Å². The largest absolute Gasteiger partial charge is 0.369 e. The molecule has 1 amide bonds. The van der Waals surface area contributed by atoms with Crippen LogP contribution in [0.15, 0.2) is 0 Å². The summed E-state index contributed by atoms with van der Waals surface area (Å²) in [6.07, 6.45) is 1.80. The van der Waals surface area contributed by atoms with Gasteiger partial charge in [-0.25, -0.2) is 0 Å². The van der Waals surface area contributed by atoms with E-state index in [9.17, 15) is 4.79 Å². The lowest BCUT2D eigenvalue weighted by atomic mass is 10.1. The van der Waals surface area contributed by atoms with Gasteiger partial charge in [-0.2, -0.15) is 0 Å². The molecule has 0 aromatic rings. The smallest absolute Gasteiger partial charge is 0.221 e. The third kappa shape index (κ3) is 3.08. The van der Waals surface area contributed by atoms with Crippen molar-refractivity contribution in [2.45, 2.75) is 19.8 Å². The van der Waals surface area contributed by atoms with Gasteiger partial charge in [0.05, 0.1) is 5.92 Å². The maximum Gasteiger partial charge on any atom is 0.221 e. The Kier molecular flexibility index (Phi) is 3.78. The van der Waals surface area contributed by atoms with E-state index in [2.05, 4.69) is 16.7 Å². The molecule has 0 aromatic carbocycles. The quantitative estimate of drug-likeness (QED) is 0.631. The van der Waals surface area contributed by atoms with Crippen LogP contribution in [0.5, 0.6) is 0 Å². The molecule has 0 saturated carbocycles. The fourth-order valence-corrected chi connectivity index (χ4v) is 1.61. The first-order valence-corrected chi connectivity index (χ1v) is 4.65. The van der Waals surface area contributed by atoms with E-state index in [-0.39, 0.29) is 11.8 Å². The predicted octanol–water partition coefficient (Wildman–Crippen LogP) is 0.207. The zero-order valence-corrected chi connectivity index (χ0v) is 8.05. The van der Waals surface area contributed by atoms with Crippen LogP contribution in [-0.4, -0.2) is 30.4 Å². The Hall–Kier alpha value is -1.01. The molecule has 1 saturated heterocycles. The van der Waals surface area contributed by atoms with Gasteiger partial charge in [-0.15, -0.1) is 11.8 Å². The average Bonchev–Trinajstić information content (AvgIpc) is 2.53. The van der Waals surface area contributed by atoms with Crippen molar-refractivity contribution >= 4 is 5.91 Å². The van der Waals surface area contributed by atoms with E-state index >= 15 is 0 Å². The van der Waals surface area contributed by atoms with E-state index in [0.717, 1.165) is 32.5 Å². The molecule has 1 heterocycles. The van der Waals surface area contributed by atoms with Crippen LogP contribution in [-0.2, 0) is 4.79 Å². The SMILES string of the molecule is CC#CCCN1CCC(C(N)=O)C1. The van der Waals surface area contributed by atoms with Crippen LogP contribution in [0.2, 0.25) is 0 Å². The van der Waals surface area contributed by atoms with Gasteiger partial charge in [0.1, 0.15) is 0 Å². The van der Waals surface area contributed by atoms with E-state index in [4.69, 9.17) is 5.73 Å². The maximum absolute atomic E-state index is 10.8. The lowest BCUT2D eigenvalue weighted by Crippen LogP contribution is -2.27. The first kappa shape index (κ1) is 10.1. The lowest BCUT2D eigenvalue weighted by Gasteiger charge is -2.12. The van der Waals surface area contributed by atoms with Crippen molar-refractivity contribution in [3.8, 4) is 11.8 Å². The molecule has 13 heavy (non-hydrogen) atoms. The van der Waals surface area contributed by atoms with Crippen molar-refractivity contribution in [3.63, 3.8) is 0 Å². The topological polar surface area (TPSA) is 46.3 Å². The third-order valence-electron chi connectivity index (χ3n) is 2.40. The zero-order valence-electron chi connectivity index (χ0n) is 8.05. The minimum absolute atomic E-state index is 0.0644. The summed E-state index contributed by atoms with van der Waals surface area (Å²) < 4.78 is 0. The number of likely N-dealkylation sites (tertiary alicyclic amines) is 1. The summed E-state index contributed by atoms with van der Waals surface area (Å²) >= 11 is 0. The molecule has 3 heteroatoms. The van der Waals surface area contributed by atoms with E-state index in [1.165, 1.54) is 0 Å². The Morgan fingerprint density at radius 2 is 2.46 bits per heavy atom. The molecule has 1 rings (SSSR count). The highest BCUT2D eigenvalue weighted by molar-refractivity contribution is 5.77. The molecule has 3 nitrogen and oxygen atoms in total. The molecule has 72 valence electrons. The van der Waals surface area contributed by atoms with Crippen LogP contribution in [0.25, 0.3) is 0 Å². The summed E-state index contributed by atoms with van der Waals surface area (Å²) in [6, 6.07) is 0. The molecule has 1 aliphatic rings. The van der Waals surface area contributed by atoms with E-state index in [1.807, 2.05) is 6.92 Å². The second kappa shape index (κ2) is 4.88. The highest BCUT2D eigenvalue weighted by Crippen LogP contribution is 2.15. The monoisotopic (exact) mass is 180 g/mol. The molecule has 0 bridgehead atoms. The number of rotatable bonds is 3. The van der Waals surface area contributed by atoms with Crippen LogP contribution in [0.1, 0.15) is 19.8 Å². The van der Waals surface area contributed by atoms with Crippen molar-refractivity contribution in [2.24, 2.45) is 11.7 Å². The van der Waals surface area contributed by atoms with Crippen LogP contribution in [0.3, 0.4) is 0 Å². The summed E-state index contributed by atoms with van der Waals surface area (Å²) in [5, 5.41) is 0. The molecule has 1 aliphatic heterocycles. The fraction of sp³-hybridized carbons (Fsp3) is 0.700. The number of carbonyl (C=O) groups excluding carboxylic acids is 1. The second-order valence-corrected chi connectivity index (χ2v) is 3.37. The predicted molar refractivity (Wildman–Crippen MR) is 51.8 cm³/mol. The van der Waals surface area contributed by atoms with Crippen LogP contribution < -0.4 is 5.73 Å². The Labute approximate surface area is 79.3 Å². The number of hydrogen-bond donors (Lipinski definition) is 1. The van der Waals surface area contributed by atoms with E-state index in [0.29, 0.717) is 0 Å². The average molecular weight is 180 g/mol. The summed E-state index contributed by atoms with van der Waals surface area (Å²) in [7, 11) is 0. The Morgan fingerprint density at radius 3 is 3.00 bits per heavy atom. The molecule has 0 spiro atoms. The first-order chi connectivity index (χ1) is 6.24. The van der Waals surface area contributed by atoms with E-state index < -0.39 is 0 Å². The van der Waals surface area contributed by atoms with Crippen molar-refractivity contribution in [3.05, 3.63) is 0 Å². The standard InChI is InChI=1S/C10H16N2O/c1-2-3-4-6-12-7-5-9(8-12)10(11)13/h9H,4-8H2,1H3,(H2,11,13). The molecule has 0 radical (unpaired) electrons. The van der Waals surface area contributed by atoms with Crippen molar-refractivity contribution in [1.29, 1.82) is 0 Å². The molecule has 0 aliphatic carbocycles. The molecule has 1 atom stereocenters. The molecule has 1 unspecified atom stereocenters. The number of nitrogens with zero attached hydrogens (tertiary/aromatic N) is 1. The number of primary amides is 1. The summed E-state index contributed by atoms with van der Waals surface area (Å²) in [4.78, 5) is 13.1. The first-order valence-electron chi connectivity index (χ1n) is 4.65. The van der Waals surface area contributed by atoms with E-state index in [1.54, 1.807) is 0 Å². The highest BCUT2D eigenvalue weighted by atomic mass is 16.1. The summed E-state index contributed by atoms with van der Waals surface area (Å²) in [6.45, 7) is 4.61. The minimum atomic E-state index is -0.163. The van der Waals surface area contributed by atoms with Crippen molar-refractivity contribution < 1.29 is 4.79 Å². The van der Waals surface area contributed by atoms with Gasteiger partial charge in [-0.3, -0.25) is 4.79 Å². The summed E-state index contributed by atoms with van der Waals surface area (Å²) in [5.41, 5.74) is 5.22. The van der Waals surface area contributed by atoms with Gasteiger partial charge >= 0.3 is 0 Å². The Balaban J connectivity index is 2.23. The van der Waals surface area contributed by atoms with Crippen molar-refractivity contribution in [2.75, 3.05) is 19.6 Å². The van der Waals surface area contributed by atoms with Crippen LogP contribution >= 0.6 is 0 Å². The molecule has 1 fully saturated rings. The Bertz CT molecular complexity index is 239. The van der Waals surface area contributed by atoms with Crippen LogP contribution in [0.4, 0.5) is 0 Å². The minimum Gasteiger partial charge on any atom is -0.369 e. The van der Waals surface area contributed by atoms with Gasteiger partial charge in [0.25, 0.3) is 0 Å². The second-order valence-electron chi connectivity index (χ2n) is 3.37. The Morgan fingerprint density at radius 1 is 1.69 bits per heavy atom. The highest BCUT2D eigenvalue weighted by Gasteiger charge is 2.25. The lowest BCUT2D eigenvalue weighted by molar-refractivity contribution is -0.121. The fourth-order valence-electron chi connectivity index (χ4n) is 1.61. The molecule has 2 N–H and O–H groups in total. The number of amides is 1. The molecular formula is C10H16N2O. The number of carbonyl (C=O) groups is 1. The number of nitrogens with two attached hydrogens (primary N) is 1. The normalized spacial score (nSPS) is 22.4. The molecule has 0 aromatic heterocycles. The van der Waals surface area contributed by atoms with Crippen molar-refractivity contribution in [1.82, 2.24) is 4.90 Å². The summed E-state index contributed by atoms with van der Waals surface area (Å²) in [5.74, 6) is 5.77. The van der Waals surface area contributed by atoms with Gasteiger partial charge in [-0.05, 0) is 19.9 Å². The number of hydrogen-bond acceptors (Lipinski definition) is 2. The third-order valence-corrected chi connectivity index (χ3v) is 2.40. The van der Waals surface area contributed by atoms with Gasteiger partial charge in [0.2, 0.25) is 5.91 Å². The van der Waals surface area contributed by atoms with Gasteiger partial charge in [0, 0.05) is 19.5 Å². The zero-order chi connectivity index (χ0) is 9.68. The van der Waals surface area contributed by atoms with Gasteiger partial charge < -0.3 is 10.6 Å². The van der Waals surface area contributed by atoms with Gasteiger partial charge in [-0.1, -0.05) is 0 Å².